The Morgan fingerprint density at radius 1 is 1.30 bits per heavy atom. The molecule has 2 aliphatic carbocycles. The number of anilines is 1. The maximum atomic E-state index is 13.7. The number of ether oxygens (including phenoxy) is 1. The molecular formula is C27H34FN3O5S. The molecule has 2 heterocycles. The van der Waals surface area contributed by atoms with Gasteiger partial charge >= 0.3 is 0 Å². The fraction of sp³-hybridized carbons (Fsp3) is 0.593. The number of carbonyl (C=O) groups excluding carboxylic acids is 2. The third-order valence-corrected chi connectivity index (χ3v) is 9.95. The Balaban J connectivity index is 1.50. The van der Waals surface area contributed by atoms with E-state index in [9.17, 15) is 24.2 Å². The zero-order chi connectivity index (χ0) is 26.4. The number of benzene rings is 1. The number of thiazole rings is 1. The van der Waals surface area contributed by atoms with E-state index in [0.29, 0.717) is 50.7 Å². The summed E-state index contributed by atoms with van der Waals surface area (Å²) >= 11 is 1.35. The number of rotatable bonds is 5. The van der Waals surface area contributed by atoms with Crippen LogP contribution in [0, 0.1) is 22.6 Å². The number of nitrogens with one attached hydrogen (secondary N) is 1. The van der Waals surface area contributed by atoms with Crippen LogP contribution in [0.15, 0.2) is 24.3 Å². The van der Waals surface area contributed by atoms with Crippen molar-refractivity contribution in [1.82, 2.24) is 9.88 Å². The Morgan fingerprint density at radius 3 is 2.76 bits per heavy atom. The number of halogens is 1. The summed E-state index contributed by atoms with van der Waals surface area (Å²) in [6.07, 6.45) is 1.45. The summed E-state index contributed by atoms with van der Waals surface area (Å²) in [5.41, 5.74) is -0.0934. The highest BCUT2D eigenvalue weighted by Crippen LogP contribution is 2.63. The van der Waals surface area contributed by atoms with Crippen molar-refractivity contribution in [2.75, 3.05) is 38.2 Å². The van der Waals surface area contributed by atoms with Crippen molar-refractivity contribution in [3.8, 4) is 0 Å². The van der Waals surface area contributed by atoms with Crippen LogP contribution < -0.4 is 5.32 Å². The highest BCUT2D eigenvalue weighted by atomic mass is 32.1. The molecule has 1 aliphatic heterocycles. The van der Waals surface area contributed by atoms with Crippen LogP contribution in [0.2, 0.25) is 0 Å². The SMILES string of the molecule is CC1(CO)C(O)CCC2(C)C(CC(=O)N3CCOCC3)c3nc(NC(=O)c4cccc(F)c4)sc3CC12. The molecule has 5 atom stereocenters. The van der Waals surface area contributed by atoms with E-state index < -0.39 is 23.2 Å². The number of aliphatic hydroxyl groups excluding tert-OH is 2. The molecule has 3 N–H and O–H groups in total. The van der Waals surface area contributed by atoms with Crippen LogP contribution in [0.4, 0.5) is 9.52 Å². The molecule has 0 radical (unpaired) electrons. The number of aliphatic hydroxyl groups is 2. The number of fused-ring (bicyclic) bond motifs is 2. The molecule has 2 fully saturated rings. The Morgan fingerprint density at radius 2 is 2.05 bits per heavy atom. The van der Waals surface area contributed by atoms with E-state index in [0.717, 1.165) is 10.6 Å². The zero-order valence-corrected chi connectivity index (χ0v) is 22.0. The van der Waals surface area contributed by atoms with Crippen LogP contribution >= 0.6 is 11.3 Å². The first-order chi connectivity index (χ1) is 17.7. The van der Waals surface area contributed by atoms with Crippen molar-refractivity contribution in [2.24, 2.45) is 16.7 Å². The van der Waals surface area contributed by atoms with E-state index in [1.54, 1.807) is 6.07 Å². The van der Waals surface area contributed by atoms with Gasteiger partial charge in [0.25, 0.3) is 5.91 Å². The molecule has 1 saturated heterocycles. The van der Waals surface area contributed by atoms with Gasteiger partial charge in [-0.2, -0.15) is 0 Å². The summed E-state index contributed by atoms with van der Waals surface area (Å²) in [6, 6.07) is 5.48. The van der Waals surface area contributed by atoms with Gasteiger partial charge in [0.1, 0.15) is 5.82 Å². The maximum absolute atomic E-state index is 13.7. The van der Waals surface area contributed by atoms with Crippen LogP contribution in [-0.4, -0.2) is 70.9 Å². The number of morpholine rings is 1. The van der Waals surface area contributed by atoms with Crippen molar-refractivity contribution in [1.29, 1.82) is 0 Å². The molecule has 5 rings (SSSR count). The first-order valence-electron chi connectivity index (χ1n) is 12.9. The van der Waals surface area contributed by atoms with Crippen molar-refractivity contribution < 1.29 is 28.9 Å². The van der Waals surface area contributed by atoms with Crippen LogP contribution in [-0.2, 0) is 16.0 Å². The lowest BCUT2D eigenvalue weighted by Crippen LogP contribution is -2.58. The van der Waals surface area contributed by atoms with Gasteiger partial charge in [0, 0.05) is 41.3 Å². The number of carbonyl (C=O) groups is 2. The van der Waals surface area contributed by atoms with E-state index in [1.165, 1.54) is 29.5 Å². The molecular weight excluding hydrogens is 497 g/mol. The molecule has 1 saturated carbocycles. The normalized spacial score (nSPS) is 31.4. The van der Waals surface area contributed by atoms with Gasteiger partial charge < -0.3 is 19.8 Å². The van der Waals surface area contributed by atoms with Gasteiger partial charge in [-0.05, 0) is 48.8 Å². The average Bonchev–Trinajstić information content (AvgIpc) is 3.30. The Labute approximate surface area is 219 Å². The molecule has 5 unspecified atom stereocenters. The van der Waals surface area contributed by atoms with Crippen LogP contribution in [0.25, 0.3) is 0 Å². The first kappa shape index (κ1) is 26.2. The maximum Gasteiger partial charge on any atom is 0.257 e. The number of aromatic nitrogens is 1. The fourth-order valence-electron chi connectivity index (χ4n) is 6.61. The zero-order valence-electron chi connectivity index (χ0n) is 21.2. The molecule has 0 spiro atoms. The minimum absolute atomic E-state index is 0.0382. The Kier molecular flexibility index (Phi) is 7.12. The Hall–Kier alpha value is -2.40. The lowest BCUT2D eigenvalue weighted by Gasteiger charge is -2.58. The van der Waals surface area contributed by atoms with E-state index in [4.69, 9.17) is 9.72 Å². The fourth-order valence-corrected chi connectivity index (χ4v) is 7.68. The van der Waals surface area contributed by atoms with Gasteiger partial charge in [-0.25, -0.2) is 9.37 Å². The average molecular weight is 532 g/mol. The molecule has 2 amide bonds. The van der Waals surface area contributed by atoms with Crippen molar-refractivity contribution in [3.05, 3.63) is 46.2 Å². The molecule has 37 heavy (non-hydrogen) atoms. The van der Waals surface area contributed by atoms with E-state index in [-0.39, 0.29) is 41.7 Å². The molecule has 2 aromatic rings. The van der Waals surface area contributed by atoms with Gasteiger partial charge in [-0.3, -0.25) is 14.9 Å². The molecule has 200 valence electrons. The number of amides is 2. The molecule has 8 nitrogen and oxygen atoms in total. The molecule has 1 aromatic carbocycles. The summed E-state index contributed by atoms with van der Waals surface area (Å²) < 4.78 is 19.1. The molecule has 1 aromatic heterocycles. The predicted molar refractivity (Wildman–Crippen MR) is 137 cm³/mol. The Bertz CT molecular complexity index is 1180. The second-order valence-electron chi connectivity index (χ2n) is 11.0. The summed E-state index contributed by atoms with van der Waals surface area (Å²) in [5, 5.41) is 24.6. The number of nitrogens with zero attached hydrogens (tertiary/aromatic N) is 2. The van der Waals surface area contributed by atoms with Gasteiger partial charge in [0.05, 0.1) is 31.6 Å². The third kappa shape index (κ3) is 4.69. The highest BCUT2D eigenvalue weighted by Gasteiger charge is 2.59. The minimum Gasteiger partial charge on any atom is -0.396 e. The van der Waals surface area contributed by atoms with E-state index in [2.05, 4.69) is 12.2 Å². The lowest BCUT2D eigenvalue weighted by atomic mass is 9.47. The standard InChI is InChI=1S/C27H34FN3O5S/c1-26-7-6-21(33)27(2,15-32)20(26)14-19-23(18(26)13-22(34)31-8-10-36-11-9-31)29-25(37-19)30-24(35)16-4-3-5-17(28)12-16/h3-5,12,18,20-21,32-33H,6-11,13-15H2,1-2H3,(H,29,30,35). The quantitative estimate of drug-likeness (QED) is 0.546. The molecule has 10 heteroatoms. The largest absolute Gasteiger partial charge is 0.396 e. The van der Waals surface area contributed by atoms with Crippen molar-refractivity contribution in [3.63, 3.8) is 0 Å². The lowest BCUT2D eigenvalue weighted by molar-refractivity contribution is -0.149. The third-order valence-electron chi connectivity index (χ3n) is 8.94. The number of hydrogen-bond acceptors (Lipinski definition) is 7. The predicted octanol–water partition coefficient (Wildman–Crippen LogP) is 3.20. The van der Waals surface area contributed by atoms with Crippen LogP contribution in [0.5, 0.6) is 0 Å². The summed E-state index contributed by atoms with van der Waals surface area (Å²) in [7, 11) is 0. The van der Waals surface area contributed by atoms with Crippen LogP contribution in [0.1, 0.15) is 60.0 Å². The van der Waals surface area contributed by atoms with E-state index >= 15 is 0 Å². The van der Waals surface area contributed by atoms with Crippen molar-refractivity contribution in [2.45, 2.75) is 51.6 Å². The van der Waals surface area contributed by atoms with Gasteiger partial charge in [0.15, 0.2) is 5.13 Å². The summed E-state index contributed by atoms with van der Waals surface area (Å²) in [4.78, 5) is 33.8. The molecule has 3 aliphatic rings. The topological polar surface area (TPSA) is 112 Å². The van der Waals surface area contributed by atoms with Crippen LogP contribution in [0.3, 0.4) is 0 Å². The first-order valence-corrected chi connectivity index (χ1v) is 13.7. The number of hydrogen-bond donors (Lipinski definition) is 3. The second kappa shape index (κ2) is 10.1. The van der Waals surface area contributed by atoms with Gasteiger partial charge in [-0.15, -0.1) is 11.3 Å². The highest BCUT2D eigenvalue weighted by molar-refractivity contribution is 7.15. The monoisotopic (exact) mass is 531 g/mol. The minimum atomic E-state index is -0.722. The molecule has 0 bridgehead atoms. The summed E-state index contributed by atoms with van der Waals surface area (Å²) in [5.74, 6) is -1.21. The van der Waals surface area contributed by atoms with E-state index in [1.807, 2.05) is 11.8 Å². The van der Waals surface area contributed by atoms with Crippen molar-refractivity contribution >= 4 is 28.3 Å². The summed E-state index contributed by atoms with van der Waals surface area (Å²) in [6.45, 7) is 6.07. The van der Waals surface area contributed by atoms with Gasteiger partial charge in [0.2, 0.25) is 5.91 Å². The smallest absolute Gasteiger partial charge is 0.257 e. The second-order valence-corrected chi connectivity index (χ2v) is 12.1. The van der Waals surface area contributed by atoms with Gasteiger partial charge in [-0.1, -0.05) is 19.9 Å².